The summed E-state index contributed by atoms with van der Waals surface area (Å²) in [5.41, 5.74) is 8.47. The first-order valence-corrected chi connectivity index (χ1v) is 11.8. The maximum Gasteiger partial charge on any atom is 0.210 e. The van der Waals surface area contributed by atoms with Gasteiger partial charge in [-0.3, -0.25) is 10.8 Å². The second-order valence-electron chi connectivity index (χ2n) is 9.94. The van der Waals surface area contributed by atoms with Crippen molar-refractivity contribution in [3.8, 4) is 0 Å². The van der Waals surface area contributed by atoms with Gasteiger partial charge in [0.25, 0.3) is 0 Å². The molecule has 1 heterocycles. The van der Waals surface area contributed by atoms with Gasteiger partial charge in [-0.25, -0.2) is 5.01 Å². The van der Waals surface area contributed by atoms with Crippen LogP contribution >= 0.6 is 12.4 Å². The highest BCUT2D eigenvalue weighted by Gasteiger charge is 2.19. The summed E-state index contributed by atoms with van der Waals surface area (Å²) in [4.78, 5) is 2.08. The molecule has 0 aliphatic carbocycles. The molecule has 0 radical (unpaired) electrons. The lowest BCUT2D eigenvalue weighted by molar-refractivity contribution is 0.192. The summed E-state index contributed by atoms with van der Waals surface area (Å²) in [6.45, 7) is 13.9. The van der Waals surface area contributed by atoms with Crippen molar-refractivity contribution in [2.75, 3.05) is 18.0 Å². The van der Waals surface area contributed by atoms with E-state index in [9.17, 15) is 0 Å². The second-order valence-corrected chi connectivity index (χ2v) is 9.94. The third-order valence-corrected chi connectivity index (χ3v) is 6.44. The molecule has 0 amide bonds. The Bertz CT molecular complexity index is 833. The number of benzene rings is 2. The Morgan fingerprint density at radius 3 is 2.12 bits per heavy atom. The maximum absolute atomic E-state index is 8.86. The zero-order valence-electron chi connectivity index (χ0n) is 20.4. The molecule has 1 aliphatic heterocycles. The van der Waals surface area contributed by atoms with Crippen LogP contribution in [-0.2, 0) is 12.0 Å². The van der Waals surface area contributed by atoms with Gasteiger partial charge >= 0.3 is 0 Å². The van der Waals surface area contributed by atoms with E-state index in [-0.39, 0.29) is 17.8 Å². The van der Waals surface area contributed by atoms with Crippen LogP contribution in [0.2, 0.25) is 0 Å². The summed E-state index contributed by atoms with van der Waals surface area (Å²) in [6, 6.07) is 17.6. The summed E-state index contributed by atoms with van der Waals surface area (Å²) in [5.74, 6) is 0.997. The van der Waals surface area contributed by atoms with E-state index in [0.717, 1.165) is 25.2 Å². The number of hydrogen-bond acceptors (Lipinski definition) is 2. The molecule has 1 atom stereocenters. The van der Waals surface area contributed by atoms with Gasteiger partial charge in [-0.1, -0.05) is 77.4 Å². The van der Waals surface area contributed by atoms with Crippen LogP contribution in [-0.4, -0.2) is 24.1 Å². The first-order chi connectivity index (χ1) is 14.8. The third-order valence-electron chi connectivity index (χ3n) is 6.44. The number of hydrogen-bond donors (Lipinski definition) is 2. The molecule has 0 saturated carbocycles. The first-order valence-electron chi connectivity index (χ1n) is 11.8. The standard InChI is InChI=1S/C27H40N4.ClH/c1-6-21(2)23-12-16-25(17-13-23)31(26(28)29-30-18-8-7-9-19-30)20-22-10-14-24(15-11-22)27(3,4)5;/h10-17,21H,6-9,18-20H2,1-5H3,(H2,28,29);1H. The summed E-state index contributed by atoms with van der Waals surface area (Å²) in [7, 11) is 0. The third kappa shape index (κ3) is 6.98. The molecule has 2 N–H and O–H groups in total. The van der Waals surface area contributed by atoms with E-state index in [1.54, 1.807) is 0 Å². The Morgan fingerprint density at radius 1 is 1.00 bits per heavy atom. The highest BCUT2D eigenvalue weighted by atomic mass is 35.5. The van der Waals surface area contributed by atoms with Crippen molar-refractivity contribution in [3.63, 3.8) is 0 Å². The molecule has 1 aliphatic rings. The largest absolute Gasteiger partial charge is 0.307 e. The molecule has 0 aromatic heterocycles. The van der Waals surface area contributed by atoms with Gasteiger partial charge in [-0.05, 0) is 59.4 Å². The van der Waals surface area contributed by atoms with Crippen molar-refractivity contribution in [2.45, 2.75) is 78.2 Å². The highest BCUT2D eigenvalue weighted by molar-refractivity contribution is 5.93. The highest BCUT2D eigenvalue weighted by Crippen LogP contribution is 2.26. The minimum absolute atomic E-state index is 0. The Morgan fingerprint density at radius 2 is 1.59 bits per heavy atom. The zero-order chi connectivity index (χ0) is 22.4. The van der Waals surface area contributed by atoms with Gasteiger partial charge in [0.05, 0.1) is 6.54 Å². The van der Waals surface area contributed by atoms with Crippen LogP contribution in [0.1, 0.15) is 82.9 Å². The van der Waals surface area contributed by atoms with Crippen LogP contribution in [0.25, 0.3) is 0 Å². The van der Waals surface area contributed by atoms with E-state index in [0.29, 0.717) is 18.4 Å². The van der Waals surface area contributed by atoms with Crippen LogP contribution < -0.4 is 10.3 Å². The number of anilines is 1. The topological polar surface area (TPSA) is 42.4 Å². The van der Waals surface area contributed by atoms with E-state index in [1.807, 2.05) is 0 Å². The van der Waals surface area contributed by atoms with Crippen LogP contribution in [0.5, 0.6) is 0 Å². The van der Waals surface area contributed by atoms with Crippen LogP contribution in [0.4, 0.5) is 5.69 Å². The van der Waals surface area contributed by atoms with Gasteiger partial charge in [0, 0.05) is 18.8 Å². The van der Waals surface area contributed by atoms with Crippen molar-refractivity contribution in [1.29, 1.82) is 5.41 Å². The molecule has 1 fully saturated rings. The average molecular weight is 457 g/mol. The molecule has 0 spiro atoms. The molecular weight excluding hydrogens is 416 g/mol. The molecule has 5 heteroatoms. The average Bonchev–Trinajstić information content (AvgIpc) is 2.77. The molecule has 32 heavy (non-hydrogen) atoms. The minimum Gasteiger partial charge on any atom is -0.307 e. The van der Waals surface area contributed by atoms with Crippen LogP contribution in [0.3, 0.4) is 0 Å². The van der Waals surface area contributed by atoms with E-state index in [2.05, 4.69) is 98.5 Å². The smallest absolute Gasteiger partial charge is 0.210 e. The molecular formula is C27H41ClN4. The van der Waals surface area contributed by atoms with Gasteiger partial charge in [0.15, 0.2) is 0 Å². The Labute approximate surface area is 201 Å². The quantitative estimate of drug-likeness (QED) is 0.369. The summed E-state index contributed by atoms with van der Waals surface area (Å²) >= 11 is 0. The Kier molecular flexibility index (Phi) is 9.60. The van der Waals surface area contributed by atoms with Crippen molar-refractivity contribution in [1.82, 2.24) is 10.4 Å². The van der Waals surface area contributed by atoms with Crippen molar-refractivity contribution in [2.24, 2.45) is 0 Å². The summed E-state index contributed by atoms with van der Waals surface area (Å²) in [6.07, 6.45) is 4.80. The van der Waals surface area contributed by atoms with Crippen molar-refractivity contribution >= 4 is 24.1 Å². The normalized spacial score (nSPS) is 15.5. The lowest BCUT2D eigenvalue weighted by atomic mass is 9.87. The fraction of sp³-hybridized carbons (Fsp3) is 0.519. The molecule has 1 saturated heterocycles. The maximum atomic E-state index is 8.86. The van der Waals surface area contributed by atoms with Crippen molar-refractivity contribution in [3.05, 3.63) is 65.2 Å². The van der Waals surface area contributed by atoms with Gasteiger partial charge in [-0.15, -0.1) is 12.4 Å². The van der Waals surface area contributed by atoms with Crippen LogP contribution in [0, 0.1) is 5.41 Å². The number of guanidine groups is 1. The van der Waals surface area contributed by atoms with E-state index >= 15 is 0 Å². The molecule has 4 nitrogen and oxygen atoms in total. The van der Waals surface area contributed by atoms with Gasteiger partial charge in [0.2, 0.25) is 5.96 Å². The number of hydrazine groups is 1. The number of halogens is 1. The predicted octanol–water partition coefficient (Wildman–Crippen LogP) is 6.85. The molecule has 176 valence electrons. The second kappa shape index (κ2) is 11.7. The van der Waals surface area contributed by atoms with Gasteiger partial charge in [0.1, 0.15) is 0 Å². The lowest BCUT2D eigenvalue weighted by Gasteiger charge is -2.33. The number of rotatable bonds is 6. The summed E-state index contributed by atoms with van der Waals surface area (Å²) < 4.78 is 0. The molecule has 0 bridgehead atoms. The SMILES string of the molecule is CCC(C)c1ccc(N(Cc2ccc(C(C)(C)C)cc2)C(=N)NN2CCCCC2)cc1.Cl. The lowest BCUT2D eigenvalue weighted by Crippen LogP contribution is -2.51. The van der Waals surface area contributed by atoms with E-state index < -0.39 is 0 Å². The molecule has 2 aromatic carbocycles. The van der Waals surface area contributed by atoms with Crippen LogP contribution in [0.15, 0.2) is 48.5 Å². The first kappa shape index (κ1) is 26.2. The number of piperidine rings is 1. The molecule has 3 rings (SSSR count). The summed E-state index contributed by atoms with van der Waals surface area (Å²) in [5, 5.41) is 11.0. The Hall–Kier alpha value is -2.04. The zero-order valence-corrected chi connectivity index (χ0v) is 21.3. The predicted molar refractivity (Wildman–Crippen MR) is 140 cm³/mol. The number of nitrogens with one attached hydrogen (secondary N) is 2. The number of nitrogens with zero attached hydrogens (tertiary/aromatic N) is 2. The van der Waals surface area contributed by atoms with Crippen molar-refractivity contribution < 1.29 is 0 Å². The van der Waals surface area contributed by atoms with Gasteiger partial charge < -0.3 is 4.90 Å². The van der Waals surface area contributed by atoms with E-state index in [1.165, 1.54) is 36.0 Å². The fourth-order valence-corrected chi connectivity index (χ4v) is 4.03. The fourth-order valence-electron chi connectivity index (χ4n) is 4.03. The molecule has 1 unspecified atom stereocenters. The minimum atomic E-state index is 0. The van der Waals surface area contributed by atoms with Gasteiger partial charge in [-0.2, -0.15) is 0 Å². The van der Waals surface area contributed by atoms with E-state index in [4.69, 9.17) is 5.41 Å². The molecule has 2 aromatic rings. The monoisotopic (exact) mass is 456 g/mol. The Balaban J connectivity index is 0.00000363.